The molecular formula is C83H44N4O4. The second kappa shape index (κ2) is 17.9. The van der Waals surface area contributed by atoms with Crippen molar-refractivity contribution in [3.63, 3.8) is 0 Å². The summed E-state index contributed by atoms with van der Waals surface area (Å²) >= 11 is 0. The first kappa shape index (κ1) is 48.8. The number of rotatable bonds is 5. The third-order valence-corrected chi connectivity index (χ3v) is 19.5. The summed E-state index contributed by atoms with van der Waals surface area (Å²) in [7, 11) is 0. The van der Waals surface area contributed by atoms with Crippen LogP contribution < -0.4 is 0 Å². The zero-order valence-corrected chi connectivity index (χ0v) is 48.3. The Kier molecular flexibility index (Phi) is 9.62. The van der Waals surface area contributed by atoms with Crippen LogP contribution in [0.15, 0.2) is 285 Å². The van der Waals surface area contributed by atoms with Crippen LogP contribution in [0, 0.1) is 0 Å². The fraction of sp³-hybridized carbons (Fsp3) is 0.0120. The molecule has 0 radical (unpaired) electrons. The Morgan fingerprint density at radius 2 is 0.703 bits per heavy atom. The number of fused-ring (bicyclic) bond motifs is 24. The lowest BCUT2D eigenvalue weighted by molar-refractivity contribution is 0.668. The summed E-state index contributed by atoms with van der Waals surface area (Å²) < 4.78 is 26.8. The Morgan fingerprint density at radius 3 is 1.34 bits per heavy atom. The van der Waals surface area contributed by atoms with Crippen molar-refractivity contribution in [2.45, 2.75) is 5.41 Å². The minimum atomic E-state index is -0.485. The predicted octanol–water partition coefficient (Wildman–Crippen LogP) is 21.8. The molecule has 2 aliphatic carbocycles. The van der Waals surface area contributed by atoms with E-state index in [4.69, 9.17) is 37.6 Å². The first-order valence-corrected chi connectivity index (χ1v) is 30.7. The van der Waals surface area contributed by atoms with Crippen molar-refractivity contribution in [1.29, 1.82) is 0 Å². The Bertz CT molecular complexity index is 6370. The molecule has 0 saturated carbocycles. The molecule has 1 spiro atoms. The number of para-hydroxylation sites is 3. The molecule has 91 heavy (non-hydrogen) atoms. The van der Waals surface area contributed by atoms with Gasteiger partial charge in [-0.1, -0.05) is 152 Å². The van der Waals surface area contributed by atoms with Gasteiger partial charge in [0.15, 0.2) is 22.3 Å². The lowest BCUT2D eigenvalue weighted by Crippen LogP contribution is -2.25. The van der Waals surface area contributed by atoms with Crippen LogP contribution in [0.3, 0.4) is 0 Å². The average molecular weight is 1160 g/mol. The van der Waals surface area contributed by atoms with Gasteiger partial charge in [-0.15, -0.1) is 0 Å². The Hall–Kier alpha value is -12.3. The summed E-state index contributed by atoms with van der Waals surface area (Å²) in [5.41, 5.74) is 30.9. The van der Waals surface area contributed by atoms with E-state index in [0.717, 1.165) is 160 Å². The molecule has 8 heterocycles. The highest BCUT2D eigenvalue weighted by molar-refractivity contribution is 6.18. The average Bonchev–Trinajstić information content (AvgIpc) is 1.54. The van der Waals surface area contributed by atoms with Gasteiger partial charge in [0.1, 0.15) is 44.4 Å². The van der Waals surface area contributed by atoms with Gasteiger partial charge in [0, 0.05) is 61.4 Å². The number of benzene rings is 11. The largest absolute Gasteiger partial charge is 0.454 e. The van der Waals surface area contributed by atoms with E-state index in [1.165, 1.54) is 44.5 Å². The second-order valence-electron chi connectivity index (χ2n) is 24.3. The van der Waals surface area contributed by atoms with Gasteiger partial charge < -0.3 is 17.7 Å². The third-order valence-electron chi connectivity index (χ3n) is 19.5. The summed E-state index contributed by atoms with van der Waals surface area (Å²) in [5.74, 6) is 0. The van der Waals surface area contributed by atoms with Gasteiger partial charge in [0.2, 0.25) is 0 Å². The van der Waals surface area contributed by atoms with E-state index in [9.17, 15) is 0 Å². The van der Waals surface area contributed by atoms with E-state index in [2.05, 4.69) is 212 Å². The van der Waals surface area contributed by atoms with Crippen molar-refractivity contribution in [3.8, 4) is 77.9 Å². The SMILES string of the molecule is c1ccc2c(c1)-c1ccccc1C21c2ccccc2-c2ccc(-c3c4ccccc4nc4c3oc3ccc(-c5cnc6c(c5)oc5ccc(-c7cc(-c8ccc9oc%10cccnc%10c9c8)cc(-c8c9ccccc9nc9c8oc8ccccc89)c7)cc56)cc34)cc21. The molecule has 0 N–H and O–H groups in total. The van der Waals surface area contributed by atoms with Gasteiger partial charge in [-0.25, -0.2) is 9.97 Å². The molecule has 0 amide bonds. The van der Waals surface area contributed by atoms with Gasteiger partial charge in [0.25, 0.3) is 0 Å². The zero-order valence-electron chi connectivity index (χ0n) is 48.3. The zero-order chi connectivity index (χ0) is 59.2. The Balaban J connectivity index is 0.698. The fourth-order valence-electron chi connectivity index (χ4n) is 15.6. The van der Waals surface area contributed by atoms with E-state index < -0.39 is 5.41 Å². The van der Waals surface area contributed by atoms with Crippen LogP contribution in [0.4, 0.5) is 0 Å². The first-order valence-electron chi connectivity index (χ1n) is 30.7. The van der Waals surface area contributed by atoms with Gasteiger partial charge >= 0.3 is 0 Å². The lowest BCUT2D eigenvalue weighted by atomic mass is 9.70. The molecule has 0 saturated heterocycles. The van der Waals surface area contributed by atoms with E-state index in [-0.39, 0.29) is 0 Å². The smallest absolute Gasteiger partial charge is 0.162 e. The highest BCUT2D eigenvalue weighted by atomic mass is 16.3. The number of aromatic nitrogens is 4. The molecule has 8 nitrogen and oxygen atoms in total. The second-order valence-corrected chi connectivity index (χ2v) is 24.3. The van der Waals surface area contributed by atoms with Crippen LogP contribution >= 0.6 is 0 Å². The molecule has 0 atom stereocenters. The minimum absolute atomic E-state index is 0.485. The van der Waals surface area contributed by atoms with Gasteiger partial charge in [-0.2, -0.15) is 0 Å². The molecule has 0 unspecified atom stereocenters. The minimum Gasteiger partial charge on any atom is -0.454 e. The van der Waals surface area contributed by atoms with Crippen molar-refractivity contribution in [2.75, 3.05) is 0 Å². The van der Waals surface area contributed by atoms with Crippen molar-refractivity contribution in [3.05, 3.63) is 289 Å². The molecule has 0 fully saturated rings. The number of pyridine rings is 4. The predicted molar refractivity (Wildman–Crippen MR) is 365 cm³/mol. The normalized spacial score (nSPS) is 13.1. The van der Waals surface area contributed by atoms with E-state index in [0.29, 0.717) is 5.58 Å². The van der Waals surface area contributed by atoms with Gasteiger partial charge in [-0.3, -0.25) is 9.97 Å². The molecule has 11 aromatic carbocycles. The summed E-state index contributed by atoms with van der Waals surface area (Å²) in [4.78, 5) is 20.5. The van der Waals surface area contributed by atoms with Crippen molar-refractivity contribution >= 4 is 110 Å². The summed E-state index contributed by atoms with van der Waals surface area (Å²) in [6.07, 6.45) is 3.77. The molecular weight excluding hydrogens is 1120 g/mol. The molecule has 0 aliphatic heterocycles. The maximum atomic E-state index is 7.04. The molecule has 8 heteroatoms. The van der Waals surface area contributed by atoms with Crippen LogP contribution in [0.2, 0.25) is 0 Å². The molecule has 19 aromatic rings. The van der Waals surface area contributed by atoms with Gasteiger partial charge in [-0.05, 0) is 187 Å². The standard InChI is InChI=1S/C83H44N4O4/c1-7-20-63-53(14-1)54-15-2-8-21-64(54)83(63)65-22-9-3-16-55(65)56-31-27-48(42-66(56)83)75-57-17-4-10-23-67(57)87-80-62-41-47(30-34-72(62)91-81(75)80)52-43-74-78(85-44-52)61-40-46(29-33-71(61)89-74)50-36-49(45-28-32-70-60(39-45)77-73(88-70)26-13-35-84-77)37-51(38-50)76-58-18-5-11-24-68(58)86-79-59-19-6-12-25-69(59)90-82(76)79/h1-44H. The Labute approximate surface area is 517 Å². The molecule has 2 aliphatic rings. The molecule has 0 bridgehead atoms. The fourth-order valence-corrected chi connectivity index (χ4v) is 15.6. The first-order chi connectivity index (χ1) is 45.1. The van der Waals surface area contributed by atoms with Crippen molar-refractivity contribution in [2.24, 2.45) is 0 Å². The van der Waals surface area contributed by atoms with Crippen molar-refractivity contribution < 1.29 is 17.7 Å². The molecule has 21 rings (SSSR count). The molecule has 420 valence electrons. The number of nitrogens with zero attached hydrogens (tertiary/aromatic N) is 4. The van der Waals surface area contributed by atoms with E-state index in [1.54, 1.807) is 0 Å². The van der Waals surface area contributed by atoms with Crippen LogP contribution in [0.5, 0.6) is 0 Å². The Morgan fingerprint density at radius 1 is 0.253 bits per heavy atom. The van der Waals surface area contributed by atoms with Crippen LogP contribution in [0.1, 0.15) is 22.3 Å². The number of hydrogen-bond acceptors (Lipinski definition) is 8. The summed E-state index contributed by atoms with van der Waals surface area (Å²) in [6.45, 7) is 0. The van der Waals surface area contributed by atoms with Crippen LogP contribution in [-0.2, 0) is 5.41 Å². The topological polar surface area (TPSA) is 104 Å². The third kappa shape index (κ3) is 6.71. The van der Waals surface area contributed by atoms with Crippen LogP contribution in [0.25, 0.3) is 188 Å². The van der Waals surface area contributed by atoms with E-state index >= 15 is 0 Å². The van der Waals surface area contributed by atoms with Gasteiger partial charge in [0.05, 0.1) is 16.4 Å². The highest BCUT2D eigenvalue weighted by Gasteiger charge is 2.51. The number of furan rings is 4. The maximum absolute atomic E-state index is 7.04. The molecule has 8 aromatic heterocycles. The lowest BCUT2D eigenvalue weighted by Gasteiger charge is -2.30. The quantitative estimate of drug-likeness (QED) is 0.168. The van der Waals surface area contributed by atoms with Crippen LogP contribution in [-0.4, -0.2) is 19.9 Å². The summed E-state index contributed by atoms with van der Waals surface area (Å²) in [5, 5.41) is 5.81. The van der Waals surface area contributed by atoms with E-state index in [1.807, 2.05) is 54.9 Å². The monoisotopic (exact) mass is 1160 g/mol. The van der Waals surface area contributed by atoms with Crippen molar-refractivity contribution in [1.82, 2.24) is 19.9 Å². The maximum Gasteiger partial charge on any atom is 0.162 e. The summed E-state index contributed by atoms with van der Waals surface area (Å²) in [6, 6.07) is 90.7. The number of hydrogen-bond donors (Lipinski definition) is 0. The highest BCUT2D eigenvalue weighted by Crippen LogP contribution is 2.63.